The highest BCUT2D eigenvalue weighted by molar-refractivity contribution is 6.30. The Bertz CT molecular complexity index is 198. The summed E-state index contributed by atoms with van der Waals surface area (Å²) in [6.07, 6.45) is 1.50. The predicted octanol–water partition coefficient (Wildman–Crippen LogP) is 1.23. The van der Waals surface area contributed by atoms with Crippen molar-refractivity contribution in [1.82, 2.24) is 4.90 Å². The molecule has 1 heterocycles. The number of carbonyl (C=O) groups excluding carboxylic acids is 1. The van der Waals surface area contributed by atoms with Gasteiger partial charge in [0.2, 0.25) is 5.91 Å². The number of likely N-dealkylation sites (tertiary alicyclic amines) is 1. The van der Waals surface area contributed by atoms with Crippen LogP contribution in [0, 0.1) is 5.92 Å². The van der Waals surface area contributed by atoms with Gasteiger partial charge in [-0.3, -0.25) is 4.79 Å². The smallest absolute Gasteiger partial charge is 0.240 e. The molecule has 4 heteroatoms. The van der Waals surface area contributed by atoms with E-state index in [4.69, 9.17) is 11.6 Å². The molecular formula is C10H18ClNO2. The molecule has 0 saturated carbocycles. The summed E-state index contributed by atoms with van der Waals surface area (Å²) in [6.45, 7) is 4.97. The number of amides is 1. The standard InChI is InChI=1S/C10H18ClNO2/c1-7(11)10(14)12-5-3-9(4-6-12)8(2)13/h7-9,13H,3-6H2,1-2H3/t7-,8-/m0/s1. The van der Waals surface area contributed by atoms with Gasteiger partial charge in [-0.25, -0.2) is 0 Å². The van der Waals surface area contributed by atoms with Crippen LogP contribution in [-0.4, -0.2) is 40.5 Å². The normalized spacial score (nSPS) is 23.3. The summed E-state index contributed by atoms with van der Waals surface area (Å²) in [5.74, 6) is 0.348. The van der Waals surface area contributed by atoms with E-state index in [2.05, 4.69) is 0 Å². The van der Waals surface area contributed by atoms with Crippen molar-refractivity contribution in [2.24, 2.45) is 5.92 Å². The largest absolute Gasteiger partial charge is 0.393 e. The fourth-order valence-corrected chi connectivity index (χ4v) is 1.99. The average molecular weight is 220 g/mol. The summed E-state index contributed by atoms with van der Waals surface area (Å²) < 4.78 is 0. The minimum absolute atomic E-state index is 0.00992. The van der Waals surface area contributed by atoms with Crippen LogP contribution < -0.4 is 0 Å². The van der Waals surface area contributed by atoms with E-state index < -0.39 is 5.38 Å². The van der Waals surface area contributed by atoms with Crippen molar-refractivity contribution in [1.29, 1.82) is 0 Å². The minimum Gasteiger partial charge on any atom is -0.393 e. The van der Waals surface area contributed by atoms with Crippen molar-refractivity contribution in [3.05, 3.63) is 0 Å². The Morgan fingerprint density at radius 1 is 1.43 bits per heavy atom. The van der Waals surface area contributed by atoms with E-state index in [0.717, 1.165) is 25.9 Å². The highest BCUT2D eigenvalue weighted by Crippen LogP contribution is 2.21. The first kappa shape index (κ1) is 11.8. The number of aliphatic hydroxyl groups excluding tert-OH is 1. The van der Waals surface area contributed by atoms with Gasteiger partial charge in [0, 0.05) is 13.1 Å². The number of aliphatic hydroxyl groups is 1. The summed E-state index contributed by atoms with van der Waals surface area (Å²) in [5.41, 5.74) is 0. The maximum atomic E-state index is 11.5. The highest BCUT2D eigenvalue weighted by atomic mass is 35.5. The maximum Gasteiger partial charge on any atom is 0.240 e. The van der Waals surface area contributed by atoms with E-state index in [-0.39, 0.29) is 12.0 Å². The lowest BCUT2D eigenvalue weighted by Crippen LogP contribution is -2.43. The Morgan fingerprint density at radius 3 is 2.29 bits per heavy atom. The molecule has 0 bridgehead atoms. The van der Waals surface area contributed by atoms with Gasteiger partial charge < -0.3 is 10.0 Å². The second kappa shape index (κ2) is 4.99. The first-order valence-electron chi connectivity index (χ1n) is 5.13. The zero-order valence-corrected chi connectivity index (χ0v) is 9.50. The number of rotatable bonds is 2. The van der Waals surface area contributed by atoms with E-state index in [1.807, 2.05) is 6.92 Å². The number of alkyl halides is 1. The number of halogens is 1. The maximum absolute atomic E-state index is 11.5. The second-order valence-electron chi connectivity index (χ2n) is 4.02. The van der Waals surface area contributed by atoms with Crippen LogP contribution in [0.5, 0.6) is 0 Å². The Kier molecular flexibility index (Phi) is 4.20. The summed E-state index contributed by atoms with van der Waals surface area (Å²) in [4.78, 5) is 13.3. The fraction of sp³-hybridized carbons (Fsp3) is 0.900. The van der Waals surface area contributed by atoms with Gasteiger partial charge in [-0.15, -0.1) is 11.6 Å². The minimum atomic E-state index is -0.432. The van der Waals surface area contributed by atoms with E-state index in [0.29, 0.717) is 5.92 Å². The van der Waals surface area contributed by atoms with Gasteiger partial charge in [-0.1, -0.05) is 0 Å². The second-order valence-corrected chi connectivity index (χ2v) is 4.67. The molecule has 2 atom stereocenters. The molecule has 1 amide bonds. The molecule has 1 N–H and O–H groups in total. The van der Waals surface area contributed by atoms with E-state index >= 15 is 0 Å². The molecule has 0 unspecified atom stereocenters. The van der Waals surface area contributed by atoms with Crippen molar-refractivity contribution >= 4 is 17.5 Å². The molecule has 1 fully saturated rings. The van der Waals surface area contributed by atoms with Crippen molar-refractivity contribution in [2.75, 3.05) is 13.1 Å². The van der Waals surface area contributed by atoms with Gasteiger partial charge in [-0.05, 0) is 32.6 Å². The van der Waals surface area contributed by atoms with E-state index in [1.165, 1.54) is 0 Å². The molecule has 0 aromatic carbocycles. The van der Waals surface area contributed by atoms with E-state index in [1.54, 1.807) is 11.8 Å². The van der Waals surface area contributed by atoms with Gasteiger partial charge in [0.25, 0.3) is 0 Å². The van der Waals surface area contributed by atoms with Gasteiger partial charge in [0.05, 0.1) is 6.10 Å². The van der Waals surface area contributed by atoms with Crippen LogP contribution in [0.1, 0.15) is 26.7 Å². The third kappa shape index (κ3) is 2.85. The average Bonchev–Trinajstić information content (AvgIpc) is 2.16. The van der Waals surface area contributed by atoms with Gasteiger partial charge >= 0.3 is 0 Å². The Hall–Kier alpha value is -0.280. The lowest BCUT2D eigenvalue weighted by atomic mass is 9.92. The molecule has 82 valence electrons. The quantitative estimate of drug-likeness (QED) is 0.710. The molecule has 1 rings (SSSR count). The summed E-state index contributed by atoms with van der Waals surface area (Å²) in [6, 6.07) is 0. The summed E-state index contributed by atoms with van der Waals surface area (Å²) >= 11 is 5.72. The SMILES string of the molecule is C[C@H](Cl)C(=O)N1CCC([C@H](C)O)CC1. The molecule has 1 aliphatic heterocycles. The number of hydrogen-bond donors (Lipinski definition) is 1. The van der Waals surface area contributed by atoms with Crippen LogP contribution in [0.15, 0.2) is 0 Å². The highest BCUT2D eigenvalue weighted by Gasteiger charge is 2.26. The molecule has 0 radical (unpaired) electrons. The molecule has 1 saturated heterocycles. The topological polar surface area (TPSA) is 40.5 Å². The molecular weight excluding hydrogens is 202 g/mol. The van der Waals surface area contributed by atoms with Gasteiger partial charge in [0.1, 0.15) is 5.38 Å². The van der Waals surface area contributed by atoms with Gasteiger partial charge in [0.15, 0.2) is 0 Å². The lowest BCUT2D eigenvalue weighted by Gasteiger charge is -2.33. The van der Waals surface area contributed by atoms with Gasteiger partial charge in [-0.2, -0.15) is 0 Å². The zero-order chi connectivity index (χ0) is 10.7. The fourth-order valence-electron chi connectivity index (χ4n) is 1.85. The van der Waals surface area contributed by atoms with Crippen LogP contribution >= 0.6 is 11.6 Å². The molecule has 0 aromatic heterocycles. The van der Waals surface area contributed by atoms with E-state index in [9.17, 15) is 9.90 Å². The molecule has 3 nitrogen and oxygen atoms in total. The molecule has 1 aliphatic rings. The number of hydrogen-bond acceptors (Lipinski definition) is 2. The first-order chi connectivity index (χ1) is 6.52. The number of nitrogens with zero attached hydrogens (tertiary/aromatic N) is 1. The summed E-state index contributed by atoms with van der Waals surface area (Å²) in [5, 5.41) is 8.95. The predicted molar refractivity (Wildman–Crippen MR) is 56.3 cm³/mol. The Labute approximate surface area is 90.0 Å². The van der Waals surface area contributed by atoms with Crippen molar-refractivity contribution < 1.29 is 9.90 Å². The van der Waals surface area contributed by atoms with Crippen LogP contribution in [0.2, 0.25) is 0 Å². The number of carbonyl (C=O) groups is 1. The third-order valence-electron chi connectivity index (χ3n) is 2.87. The number of piperidine rings is 1. The van der Waals surface area contributed by atoms with Crippen LogP contribution in [0.4, 0.5) is 0 Å². The van der Waals surface area contributed by atoms with Crippen LogP contribution in [-0.2, 0) is 4.79 Å². The Balaban J connectivity index is 2.39. The monoisotopic (exact) mass is 219 g/mol. The van der Waals surface area contributed by atoms with Crippen molar-refractivity contribution in [3.63, 3.8) is 0 Å². The Morgan fingerprint density at radius 2 is 1.93 bits per heavy atom. The van der Waals surface area contributed by atoms with Crippen molar-refractivity contribution in [3.8, 4) is 0 Å². The molecule has 0 spiro atoms. The van der Waals surface area contributed by atoms with Crippen molar-refractivity contribution in [2.45, 2.75) is 38.2 Å². The van der Waals surface area contributed by atoms with Crippen LogP contribution in [0.25, 0.3) is 0 Å². The summed E-state index contributed by atoms with van der Waals surface area (Å²) in [7, 11) is 0. The molecule has 14 heavy (non-hydrogen) atoms. The lowest BCUT2D eigenvalue weighted by molar-refractivity contribution is -0.132. The first-order valence-corrected chi connectivity index (χ1v) is 5.57. The van der Waals surface area contributed by atoms with Crippen LogP contribution in [0.3, 0.4) is 0 Å². The zero-order valence-electron chi connectivity index (χ0n) is 8.74. The molecule has 0 aliphatic carbocycles. The third-order valence-corrected chi connectivity index (χ3v) is 3.06. The molecule has 0 aromatic rings.